The molecule has 0 fully saturated rings. The topological polar surface area (TPSA) is 118 Å². The van der Waals surface area contributed by atoms with E-state index in [9.17, 15) is 28.5 Å². The molecule has 2 aromatic rings. The van der Waals surface area contributed by atoms with Gasteiger partial charge in [0, 0.05) is 6.07 Å². The minimum Gasteiger partial charge on any atom is -0.305 e. The highest BCUT2D eigenvalue weighted by Crippen LogP contribution is 2.21. The summed E-state index contributed by atoms with van der Waals surface area (Å²) < 4.78 is 27.0. The number of carbonyl (C=O) groups excluding carboxylic acids is 1. The first-order valence-corrected chi connectivity index (χ1v) is 5.39. The van der Waals surface area contributed by atoms with Crippen molar-refractivity contribution in [2.45, 2.75) is 0 Å². The number of halogens is 2. The van der Waals surface area contributed by atoms with Gasteiger partial charge >= 0.3 is 5.69 Å². The van der Waals surface area contributed by atoms with E-state index in [0.29, 0.717) is 12.1 Å². The van der Waals surface area contributed by atoms with Gasteiger partial charge in [-0.15, -0.1) is 0 Å². The highest BCUT2D eigenvalue weighted by Gasteiger charge is 2.22. The lowest BCUT2D eigenvalue weighted by Gasteiger charge is -2.05. The van der Waals surface area contributed by atoms with Crippen molar-refractivity contribution in [3.05, 3.63) is 61.9 Å². The first kappa shape index (κ1) is 14.2. The van der Waals surface area contributed by atoms with Gasteiger partial charge in [-0.2, -0.15) is 9.49 Å². The zero-order valence-electron chi connectivity index (χ0n) is 10.1. The summed E-state index contributed by atoms with van der Waals surface area (Å²) in [5.41, 5.74) is -2.32. The summed E-state index contributed by atoms with van der Waals surface area (Å²) in [6.45, 7) is 0. The molecule has 0 unspecified atom stereocenters. The SMILES string of the molecule is O=C(Nc1ccc(=O)[nH]n1)c1cc(F)c([N+](=O)[O-])cc1F. The minimum atomic E-state index is -1.35. The van der Waals surface area contributed by atoms with E-state index < -0.39 is 39.3 Å². The molecule has 1 amide bonds. The zero-order valence-corrected chi connectivity index (χ0v) is 10.1. The second-order valence-corrected chi connectivity index (χ2v) is 3.80. The number of carbonyl (C=O) groups is 1. The number of aromatic nitrogens is 2. The average Bonchev–Trinajstić information content (AvgIpc) is 2.43. The third-order valence-electron chi connectivity index (χ3n) is 2.40. The van der Waals surface area contributed by atoms with Crippen molar-refractivity contribution in [2.24, 2.45) is 0 Å². The van der Waals surface area contributed by atoms with Crippen molar-refractivity contribution in [3.8, 4) is 0 Å². The van der Waals surface area contributed by atoms with Crippen LogP contribution in [0, 0.1) is 21.7 Å². The molecular weight excluding hydrogens is 290 g/mol. The van der Waals surface area contributed by atoms with Crippen LogP contribution in [0.3, 0.4) is 0 Å². The number of aromatic amines is 1. The lowest BCUT2D eigenvalue weighted by Crippen LogP contribution is -2.17. The first-order chi connectivity index (χ1) is 9.88. The largest absolute Gasteiger partial charge is 0.307 e. The summed E-state index contributed by atoms with van der Waals surface area (Å²) in [4.78, 5) is 31.8. The number of rotatable bonds is 3. The number of amides is 1. The molecule has 1 aromatic heterocycles. The normalized spacial score (nSPS) is 10.2. The average molecular weight is 296 g/mol. The summed E-state index contributed by atoms with van der Waals surface area (Å²) >= 11 is 0. The number of benzene rings is 1. The minimum absolute atomic E-state index is 0.0993. The lowest BCUT2D eigenvalue weighted by molar-refractivity contribution is -0.387. The predicted octanol–water partition coefficient (Wildman–Crippen LogP) is 1.21. The van der Waals surface area contributed by atoms with Crippen LogP contribution in [0.15, 0.2) is 29.1 Å². The molecular formula is C11H6F2N4O4. The summed E-state index contributed by atoms with van der Waals surface area (Å²) in [6, 6.07) is 2.94. The van der Waals surface area contributed by atoms with Gasteiger partial charge in [0.25, 0.3) is 11.5 Å². The van der Waals surface area contributed by atoms with Crippen LogP contribution in [0.2, 0.25) is 0 Å². The lowest BCUT2D eigenvalue weighted by atomic mass is 10.1. The molecule has 0 aliphatic carbocycles. The van der Waals surface area contributed by atoms with Gasteiger partial charge in [-0.3, -0.25) is 19.7 Å². The summed E-state index contributed by atoms with van der Waals surface area (Å²) in [5.74, 6) is -3.77. The summed E-state index contributed by atoms with van der Waals surface area (Å²) in [7, 11) is 0. The van der Waals surface area contributed by atoms with Crippen LogP contribution in [0.1, 0.15) is 10.4 Å². The van der Waals surface area contributed by atoms with Gasteiger partial charge in [-0.05, 0) is 12.1 Å². The molecule has 0 radical (unpaired) electrons. The second kappa shape index (κ2) is 5.45. The Hall–Kier alpha value is -3.17. The molecule has 21 heavy (non-hydrogen) atoms. The maximum absolute atomic E-state index is 13.6. The van der Waals surface area contributed by atoms with Gasteiger partial charge in [0.15, 0.2) is 5.82 Å². The van der Waals surface area contributed by atoms with Crippen molar-refractivity contribution in [1.29, 1.82) is 0 Å². The molecule has 1 aromatic carbocycles. The van der Waals surface area contributed by atoms with Gasteiger partial charge in [0.05, 0.1) is 16.6 Å². The van der Waals surface area contributed by atoms with Gasteiger partial charge in [-0.1, -0.05) is 0 Å². The van der Waals surface area contributed by atoms with Crippen LogP contribution in [-0.2, 0) is 0 Å². The van der Waals surface area contributed by atoms with Crippen molar-refractivity contribution in [1.82, 2.24) is 10.2 Å². The highest BCUT2D eigenvalue weighted by molar-refractivity contribution is 6.04. The van der Waals surface area contributed by atoms with Crippen molar-refractivity contribution in [2.75, 3.05) is 5.32 Å². The Morgan fingerprint density at radius 3 is 2.57 bits per heavy atom. The summed E-state index contributed by atoms with van der Waals surface area (Å²) in [6.07, 6.45) is 0. The Morgan fingerprint density at radius 1 is 1.29 bits per heavy atom. The quantitative estimate of drug-likeness (QED) is 0.652. The Labute approximate surface area is 114 Å². The van der Waals surface area contributed by atoms with Gasteiger partial charge in [0.1, 0.15) is 5.82 Å². The number of nitro benzene ring substituents is 1. The van der Waals surface area contributed by atoms with E-state index in [2.05, 4.69) is 10.4 Å². The van der Waals surface area contributed by atoms with Crippen LogP contribution in [-0.4, -0.2) is 21.0 Å². The molecule has 0 saturated heterocycles. The molecule has 0 spiro atoms. The number of hydrogen-bond donors (Lipinski definition) is 2. The maximum atomic E-state index is 13.6. The van der Waals surface area contributed by atoms with Crippen LogP contribution in [0.4, 0.5) is 20.3 Å². The number of hydrogen-bond acceptors (Lipinski definition) is 5. The molecule has 10 heteroatoms. The van der Waals surface area contributed by atoms with E-state index in [-0.39, 0.29) is 5.82 Å². The van der Waals surface area contributed by atoms with Gasteiger partial charge in [-0.25, -0.2) is 9.49 Å². The van der Waals surface area contributed by atoms with E-state index in [4.69, 9.17) is 0 Å². The zero-order chi connectivity index (χ0) is 15.6. The van der Waals surface area contributed by atoms with Crippen LogP contribution < -0.4 is 10.9 Å². The standard InChI is InChI=1S/C11H6F2N4O4/c12-6-4-8(17(20)21)7(13)3-5(6)11(19)14-9-1-2-10(18)16-15-9/h1-4H,(H,16,18)(H,14,15,19). The number of H-pyrrole nitrogens is 1. The third kappa shape index (κ3) is 3.05. The Morgan fingerprint density at radius 2 is 2.00 bits per heavy atom. The molecule has 0 aliphatic heterocycles. The fourth-order valence-corrected chi connectivity index (χ4v) is 1.45. The Bertz CT molecular complexity index is 770. The fourth-order valence-electron chi connectivity index (χ4n) is 1.45. The highest BCUT2D eigenvalue weighted by atomic mass is 19.1. The second-order valence-electron chi connectivity index (χ2n) is 3.80. The Balaban J connectivity index is 2.31. The summed E-state index contributed by atoms with van der Waals surface area (Å²) in [5, 5.41) is 18.0. The molecule has 8 nitrogen and oxygen atoms in total. The van der Waals surface area contributed by atoms with Crippen molar-refractivity contribution >= 4 is 17.4 Å². The molecule has 1 heterocycles. The number of anilines is 1. The first-order valence-electron chi connectivity index (χ1n) is 5.39. The van der Waals surface area contributed by atoms with Crippen LogP contribution >= 0.6 is 0 Å². The van der Waals surface area contributed by atoms with Gasteiger partial charge < -0.3 is 5.32 Å². The van der Waals surface area contributed by atoms with E-state index in [0.717, 1.165) is 12.1 Å². The smallest absolute Gasteiger partial charge is 0.305 e. The number of nitro groups is 1. The molecule has 0 atom stereocenters. The molecule has 0 aliphatic rings. The third-order valence-corrected chi connectivity index (χ3v) is 2.40. The molecule has 0 saturated carbocycles. The number of nitrogens with one attached hydrogen (secondary N) is 2. The van der Waals surface area contributed by atoms with E-state index in [1.165, 1.54) is 0 Å². The molecule has 108 valence electrons. The maximum Gasteiger partial charge on any atom is 0.307 e. The Kier molecular flexibility index (Phi) is 3.69. The molecule has 2 rings (SSSR count). The predicted molar refractivity (Wildman–Crippen MR) is 65.8 cm³/mol. The van der Waals surface area contributed by atoms with Crippen LogP contribution in [0.25, 0.3) is 0 Å². The fraction of sp³-hybridized carbons (Fsp3) is 0. The van der Waals surface area contributed by atoms with E-state index in [1.807, 2.05) is 5.10 Å². The van der Waals surface area contributed by atoms with Crippen molar-refractivity contribution in [3.63, 3.8) is 0 Å². The monoisotopic (exact) mass is 296 g/mol. The van der Waals surface area contributed by atoms with Crippen molar-refractivity contribution < 1.29 is 18.5 Å². The number of nitrogens with zero attached hydrogens (tertiary/aromatic N) is 2. The van der Waals surface area contributed by atoms with E-state index in [1.54, 1.807) is 0 Å². The van der Waals surface area contributed by atoms with E-state index >= 15 is 0 Å². The van der Waals surface area contributed by atoms with Crippen LogP contribution in [0.5, 0.6) is 0 Å². The molecule has 2 N–H and O–H groups in total. The van der Waals surface area contributed by atoms with Gasteiger partial charge in [0.2, 0.25) is 5.82 Å². The molecule has 0 bridgehead atoms.